The van der Waals surface area contributed by atoms with E-state index in [1.54, 1.807) is 0 Å². The smallest absolute Gasteiger partial charge is 0.191 e. The molecule has 2 aliphatic carbocycles. The third kappa shape index (κ3) is 4.13. The molecule has 0 bridgehead atoms. The quantitative estimate of drug-likeness (QED) is 0.368. The van der Waals surface area contributed by atoms with E-state index < -0.39 is 0 Å². The topological polar surface area (TPSA) is 66.7 Å². The van der Waals surface area contributed by atoms with E-state index in [1.165, 1.54) is 37.8 Å². The molecule has 1 aliphatic heterocycles. The molecule has 8 heteroatoms. The van der Waals surface area contributed by atoms with E-state index in [-0.39, 0.29) is 24.0 Å². The Bertz CT molecular complexity index is 673. The Balaban J connectivity index is 0.00000225. The summed E-state index contributed by atoms with van der Waals surface area (Å²) in [5.41, 5.74) is 1.56. The average Bonchev–Trinajstić information content (AvgIpc) is 3.05. The Labute approximate surface area is 185 Å². The highest BCUT2D eigenvalue weighted by molar-refractivity contribution is 14.0. The first kappa shape index (κ1) is 21.7. The number of aryl methyl sites for hydroxylation is 1. The summed E-state index contributed by atoms with van der Waals surface area (Å²) in [5.74, 6) is 0.944. The number of hydrogen-bond donors (Lipinski definition) is 2. The van der Waals surface area contributed by atoms with Gasteiger partial charge in [-0.15, -0.1) is 24.0 Å². The maximum atomic E-state index is 5.98. The second kappa shape index (κ2) is 9.19. The summed E-state index contributed by atoms with van der Waals surface area (Å²) in [7, 11) is 3.85. The number of halogens is 1. The standard InChI is InChI=1S/C20H34N6O.HI/c1-4-27-18-11-17(20(18)8-6-9-20)24-19(21-2)23-15-7-5-10-26(13-15)16-12-22-25(3)14-16;/h12,14-15,17-18H,4-11,13H2,1-3H3,(H2,21,23,24);1H. The molecule has 0 amide bonds. The predicted octanol–water partition coefficient (Wildman–Crippen LogP) is 2.52. The van der Waals surface area contributed by atoms with Crippen molar-refractivity contribution in [3.05, 3.63) is 12.4 Å². The van der Waals surface area contributed by atoms with E-state index >= 15 is 0 Å². The van der Waals surface area contributed by atoms with Gasteiger partial charge >= 0.3 is 0 Å². The minimum absolute atomic E-state index is 0. The lowest BCUT2D eigenvalue weighted by molar-refractivity contribution is -0.168. The molecule has 1 aromatic heterocycles. The van der Waals surface area contributed by atoms with Gasteiger partial charge in [0.05, 0.1) is 18.0 Å². The van der Waals surface area contributed by atoms with Crippen molar-refractivity contribution in [1.29, 1.82) is 0 Å². The van der Waals surface area contributed by atoms with Crippen LogP contribution in [0.25, 0.3) is 0 Å². The van der Waals surface area contributed by atoms with Gasteiger partial charge in [0.15, 0.2) is 5.96 Å². The molecule has 1 spiro atoms. The van der Waals surface area contributed by atoms with Crippen LogP contribution in [-0.4, -0.2) is 60.7 Å². The van der Waals surface area contributed by atoms with Gasteiger partial charge in [-0.2, -0.15) is 5.10 Å². The zero-order chi connectivity index (χ0) is 18.9. The van der Waals surface area contributed by atoms with Gasteiger partial charge in [0.2, 0.25) is 0 Å². The largest absolute Gasteiger partial charge is 0.378 e. The Hall–Kier alpha value is -1.03. The molecular weight excluding hydrogens is 467 g/mol. The highest BCUT2D eigenvalue weighted by Crippen LogP contribution is 2.57. The van der Waals surface area contributed by atoms with E-state index in [9.17, 15) is 0 Å². The van der Waals surface area contributed by atoms with E-state index in [2.05, 4.69) is 38.7 Å². The molecular formula is C20H35IN6O. The summed E-state index contributed by atoms with van der Waals surface area (Å²) >= 11 is 0. The lowest BCUT2D eigenvalue weighted by Crippen LogP contribution is -2.69. The number of aromatic nitrogens is 2. The second-order valence-corrected chi connectivity index (χ2v) is 8.34. The number of rotatable bonds is 5. The van der Waals surface area contributed by atoms with Crippen LogP contribution in [0, 0.1) is 5.41 Å². The molecule has 1 saturated heterocycles. The number of ether oxygens (including phenoxy) is 1. The van der Waals surface area contributed by atoms with Gasteiger partial charge in [-0.1, -0.05) is 6.42 Å². The summed E-state index contributed by atoms with van der Waals surface area (Å²) < 4.78 is 7.85. The molecule has 158 valence electrons. The van der Waals surface area contributed by atoms with Crippen LogP contribution < -0.4 is 15.5 Å². The zero-order valence-corrected chi connectivity index (χ0v) is 19.7. The molecule has 2 heterocycles. The fourth-order valence-electron chi connectivity index (χ4n) is 5.07. The van der Waals surface area contributed by atoms with Crippen molar-refractivity contribution in [3.63, 3.8) is 0 Å². The molecule has 7 nitrogen and oxygen atoms in total. The maximum absolute atomic E-state index is 5.98. The highest BCUT2D eigenvalue weighted by atomic mass is 127. The summed E-state index contributed by atoms with van der Waals surface area (Å²) in [6.07, 6.45) is 11.8. The van der Waals surface area contributed by atoms with Crippen LogP contribution in [0.3, 0.4) is 0 Å². The zero-order valence-electron chi connectivity index (χ0n) is 17.4. The van der Waals surface area contributed by atoms with Gasteiger partial charge in [-0.25, -0.2) is 0 Å². The van der Waals surface area contributed by atoms with Crippen LogP contribution in [0.1, 0.15) is 45.4 Å². The van der Waals surface area contributed by atoms with Gasteiger partial charge in [0.1, 0.15) is 0 Å². The molecule has 0 radical (unpaired) electrons. The molecule has 4 rings (SSSR count). The van der Waals surface area contributed by atoms with Gasteiger partial charge < -0.3 is 20.3 Å². The minimum Gasteiger partial charge on any atom is -0.378 e. The van der Waals surface area contributed by atoms with Crippen LogP contribution in [-0.2, 0) is 11.8 Å². The molecule has 2 saturated carbocycles. The Morgan fingerprint density at radius 1 is 1.36 bits per heavy atom. The first-order valence-electron chi connectivity index (χ1n) is 10.5. The van der Waals surface area contributed by atoms with Crippen molar-refractivity contribution in [2.75, 3.05) is 31.6 Å². The number of guanidine groups is 1. The normalized spacial score (nSPS) is 28.9. The monoisotopic (exact) mass is 502 g/mol. The summed E-state index contributed by atoms with van der Waals surface area (Å²) in [4.78, 5) is 6.94. The molecule has 28 heavy (non-hydrogen) atoms. The first-order chi connectivity index (χ1) is 13.1. The summed E-state index contributed by atoms with van der Waals surface area (Å²) in [6.45, 7) is 5.00. The average molecular weight is 502 g/mol. The maximum Gasteiger partial charge on any atom is 0.191 e. The Morgan fingerprint density at radius 2 is 2.18 bits per heavy atom. The third-order valence-corrected chi connectivity index (χ3v) is 6.79. The molecule has 3 atom stereocenters. The Kier molecular flexibility index (Phi) is 7.12. The predicted molar refractivity (Wildman–Crippen MR) is 124 cm³/mol. The van der Waals surface area contributed by atoms with E-state index in [0.717, 1.165) is 32.1 Å². The van der Waals surface area contributed by atoms with Crippen LogP contribution in [0.4, 0.5) is 5.69 Å². The third-order valence-electron chi connectivity index (χ3n) is 6.79. The van der Waals surface area contributed by atoms with Gasteiger partial charge in [-0.3, -0.25) is 9.67 Å². The summed E-state index contributed by atoms with van der Waals surface area (Å²) in [5, 5.41) is 11.7. The van der Waals surface area contributed by atoms with Crippen LogP contribution in [0.2, 0.25) is 0 Å². The molecule has 3 fully saturated rings. The molecule has 0 aromatic carbocycles. The molecule has 3 aliphatic rings. The van der Waals surface area contributed by atoms with Gasteiger partial charge in [-0.05, 0) is 39.0 Å². The van der Waals surface area contributed by atoms with E-state index in [0.29, 0.717) is 23.6 Å². The van der Waals surface area contributed by atoms with Crippen molar-refractivity contribution in [2.24, 2.45) is 17.5 Å². The fraction of sp³-hybridized carbons (Fsp3) is 0.800. The van der Waals surface area contributed by atoms with Crippen LogP contribution in [0.5, 0.6) is 0 Å². The van der Waals surface area contributed by atoms with Crippen LogP contribution >= 0.6 is 24.0 Å². The van der Waals surface area contributed by atoms with Crippen molar-refractivity contribution in [2.45, 2.75) is 63.6 Å². The van der Waals surface area contributed by atoms with E-state index in [1.807, 2.05) is 25.0 Å². The number of piperidine rings is 1. The van der Waals surface area contributed by atoms with Crippen LogP contribution in [0.15, 0.2) is 17.4 Å². The number of nitrogens with zero attached hydrogens (tertiary/aromatic N) is 4. The van der Waals surface area contributed by atoms with Gasteiger partial charge in [0.25, 0.3) is 0 Å². The Morgan fingerprint density at radius 3 is 2.79 bits per heavy atom. The summed E-state index contributed by atoms with van der Waals surface area (Å²) in [6, 6.07) is 0.900. The second-order valence-electron chi connectivity index (χ2n) is 8.34. The minimum atomic E-state index is 0. The van der Waals surface area contributed by atoms with Crippen molar-refractivity contribution in [3.8, 4) is 0 Å². The van der Waals surface area contributed by atoms with Crippen molar-refractivity contribution in [1.82, 2.24) is 20.4 Å². The molecule has 3 unspecified atom stereocenters. The number of aliphatic imine (C=N–C) groups is 1. The van der Waals surface area contributed by atoms with Crippen molar-refractivity contribution < 1.29 is 4.74 Å². The molecule has 1 aromatic rings. The molecule has 2 N–H and O–H groups in total. The number of hydrogen-bond acceptors (Lipinski definition) is 4. The SMILES string of the molecule is CCOC1CC(NC(=NC)NC2CCCN(c3cnn(C)c3)C2)C12CCC2.I. The lowest BCUT2D eigenvalue weighted by Gasteiger charge is -2.61. The lowest BCUT2D eigenvalue weighted by atomic mass is 9.51. The van der Waals surface area contributed by atoms with Crippen molar-refractivity contribution >= 4 is 35.6 Å². The van der Waals surface area contributed by atoms with Gasteiger partial charge in [0, 0.05) is 57.5 Å². The highest BCUT2D eigenvalue weighted by Gasteiger charge is 2.59. The first-order valence-corrected chi connectivity index (χ1v) is 10.5. The van der Waals surface area contributed by atoms with E-state index in [4.69, 9.17) is 4.74 Å². The number of nitrogens with one attached hydrogen (secondary N) is 2. The fourth-order valence-corrected chi connectivity index (χ4v) is 5.07. The number of anilines is 1.